The summed E-state index contributed by atoms with van der Waals surface area (Å²) in [6.45, 7) is 0. The van der Waals surface area contributed by atoms with Crippen LogP contribution in [0.1, 0.15) is 196 Å². The third-order valence-electron chi connectivity index (χ3n) is 16.2. The first-order valence-electron chi connectivity index (χ1n) is 24.0. The number of hydrogen-bond donors (Lipinski definition) is 0. The Hall–Kier alpha value is -0.177. The van der Waals surface area contributed by atoms with Crippen LogP contribution in [0.5, 0.6) is 0 Å². The number of rotatable bonds is 8. The standard InChI is InChI=1S/C36H64P2.C15H10.ClH.Ru/c1-5-17-30(18-6-1)37(31-19-7-2-8-20-31)34-25-15-16-29(28-34)35-26-13-14-27-36(35)38(32-21-9-3-10-22-32)33-23-11-4-12-24-33;1-2-6-12(7-3-1)15-11-10-13-8-4-5-9-14(13)15;;/h29-36H,1-28H2;1-9,11H;1H;/q;;;+1/p+1. The van der Waals surface area contributed by atoms with Crippen molar-refractivity contribution in [3.8, 4) is 0 Å². The van der Waals surface area contributed by atoms with Crippen molar-refractivity contribution in [2.24, 2.45) is 11.8 Å². The molecule has 0 heterocycles. The van der Waals surface area contributed by atoms with Crippen molar-refractivity contribution in [2.75, 3.05) is 0 Å². The van der Waals surface area contributed by atoms with E-state index in [4.69, 9.17) is 9.69 Å². The third-order valence-corrected chi connectivity index (χ3v) is 27.3. The minimum absolute atomic E-state index is 0.186. The van der Waals surface area contributed by atoms with E-state index in [2.05, 4.69) is 54.6 Å². The number of hydrogen-bond acceptors (Lipinski definition) is 0. The van der Waals surface area contributed by atoms with Crippen LogP contribution in [0.2, 0.25) is 0 Å². The summed E-state index contributed by atoms with van der Waals surface area (Å²) in [6.07, 6.45) is 47.5. The number of fused-ring (bicyclic) bond motifs is 1. The Balaban J connectivity index is 0.000000209. The zero-order chi connectivity index (χ0) is 37.2. The number of benzene rings is 2. The molecule has 7 aliphatic carbocycles. The first-order chi connectivity index (χ1) is 27.3. The molecule has 0 aromatic heterocycles. The molecular weight excluding hydrogens is 811 g/mol. The first kappa shape index (κ1) is 41.6. The van der Waals surface area contributed by atoms with Crippen LogP contribution >= 0.6 is 25.5 Å². The second-order valence-corrected chi connectivity index (χ2v) is 28.3. The Bertz CT molecular complexity index is 1480. The Morgan fingerprint density at radius 3 is 1.47 bits per heavy atom. The molecule has 9 rings (SSSR count). The van der Waals surface area contributed by atoms with Crippen molar-refractivity contribution >= 4 is 35.2 Å². The quantitative estimate of drug-likeness (QED) is 0.183. The fraction of sp³-hybridized carbons (Fsp3) is 0.706. The summed E-state index contributed by atoms with van der Waals surface area (Å²) in [6, 6.07) is 19.0. The van der Waals surface area contributed by atoms with E-state index in [1.165, 1.54) is 66.2 Å². The van der Waals surface area contributed by atoms with E-state index in [-0.39, 0.29) is 31.5 Å². The molecular formula is C51H76ClP2Ru+2. The molecule has 303 valence electrons. The van der Waals surface area contributed by atoms with Gasteiger partial charge in [-0.25, -0.2) is 0 Å². The van der Waals surface area contributed by atoms with Crippen molar-refractivity contribution in [1.82, 2.24) is 0 Å². The van der Waals surface area contributed by atoms with E-state index in [0.717, 1.165) is 5.92 Å². The molecule has 0 radical (unpaired) electrons. The van der Waals surface area contributed by atoms with Gasteiger partial charge in [0, 0.05) is 15.8 Å². The van der Waals surface area contributed by atoms with Crippen LogP contribution < -0.4 is 0 Å². The normalized spacial score (nSPS) is 30.0. The topological polar surface area (TPSA) is 0 Å². The van der Waals surface area contributed by atoms with Crippen molar-refractivity contribution in [3.63, 3.8) is 0 Å². The molecule has 2 aromatic rings. The van der Waals surface area contributed by atoms with Crippen LogP contribution in [0.3, 0.4) is 0 Å². The van der Waals surface area contributed by atoms with Crippen LogP contribution in [0, 0.1) is 11.8 Å². The van der Waals surface area contributed by atoms with Gasteiger partial charge in [-0.3, -0.25) is 0 Å². The molecule has 4 unspecified atom stereocenters. The molecule has 6 saturated carbocycles. The Kier molecular flexibility index (Phi) is 16.1. The molecule has 0 nitrogen and oxygen atoms in total. The zero-order valence-electron chi connectivity index (χ0n) is 34.4. The van der Waals surface area contributed by atoms with Crippen LogP contribution in [-0.2, 0) is 15.7 Å². The third kappa shape index (κ3) is 10.4. The molecule has 0 aliphatic heterocycles. The molecule has 4 atom stereocenters. The SMILES string of the molecule is C1CCC([PH+](C2CCCCC2)C2CCCC(C3CCCCC3[PH+](C3CCCCC3)C3CCCCC3)C2)CC1.[Cl][Ru]=[C]1C=C(c2ccccc2)c2ccccc21. The molecule has 4 heteroatoms. The maximum absolute atomic E-state index is 6.10. The van der Waals surface area contributed by atoms with E-state index in [1.807, 2.05) is 6.07 Å². The fourth-order valence-corrected chi connectivity index (χ4v) is 26.2. The van der Waals surface area contributed by atoms with Crippen molar-refractivity contribution < 1.29 is 15.7 Å². The molecule has 55 heavy (non-hydrogen) atoms. The second kappa shape index (κ2) is 21.4. The van der Waals surface area contributed by atoms with Gasteiger partial charge in [-0.15, -0.1) is 0 Å². The summed E-state index contributed by atoms with van der Waals surface area (Å²) in [5, 5.41) is 0. The first-order valence-corrected chi connectivity index (χ1v) is 30.6. The van der Waals surface area contributed by atoms with Crippen molar-refractivity contribution in [1.29, 1.82) is 0 Å². The summed E-state index contributed by atoms with van der Waals surface area (Å²) in [7, 11) is 5.70. The molecule has 0 bridgehead atoms. The van der Waals surface area contributed by atoms with Crippen LogP contribution in [0.4, 0.5) is 0 Å². The van der Waals surface area contributed by atoms with Gasteiger partial charge in [-0.2, -0.15) is 0 Å². The van der Waals surface area contributed by atoms with Crippen molar-refractivity contribution in [3.05, 3.63) is 77.4 Å². The van der Waals surface area contributed by atoms with Gasteiger partial charge in [0.2, 0.25) is 0 Å². The van der Waals surface area contributed by atoms with Crippen LogP contribution in [0.15, 0.2) is 60.7 Å². The summed E-state index contributed by atoms with van der Waals surface area (Å²) in [4.78, 5) is 0. The number of halogens is 1. The summed E-state index contributed by atoms with van der Waals surface area (Å²) in [5.41, 5.74) is 12.5. The van der Waals surface area contributed by atoms with Crippen LogP contribution in [-0.4, -0.2) is 38.1 Å². The molecule has 0 spiro atoms. The number of allylic oxidation sites excluding steroid dienone is 1. The monoisotopic (exact) mass is 887 g/mol. The predicted octanol–water partition coefficient (Wildman–Crippen LogP) is 15.8. The summed E-state index contributed by atoms with van der Waals surface area (Å²) < 4.78 is 1.30. The van der Waals surface area contributed by atoms with Gasteiger partial charge in [-0.05, 0) is 160 Å². The van der Waals surface area contributed by atoms with Gasteiger partial charge in [0.1, 0.15) is 0 Å². The Labute approximate surface area is 351 Å². The zero-order valence-corrected chi connectivity index (χ0v) is 38.9. The average molecular weight is 888 g/mol. The maximum atomic E-state index is 6.10. The second-order valence-electron chi connectivity index (χ2n) is 19.4. The molecule has 0 saturated heterocycles. The summed E-state index contributed by atoms with van der Waals surface area (Å²) in [5.74, 6) is 2.32. The molecule has 0 amide bonds. The predicted molar refractivity (Wildman–Crippen MR) is 246 cm³/mol. The van der Waals surface area contributed by atoms with E-state index >= 15 is 0 Å². The van der Waals surface area contributed by atoms with Crippen LogP contribution in [0.25, 0.3) is 5.57 Å². The van der Waals surface area contributed by atoms with Crippen molar-refractivity contribution in [2.45, 2.75) is 214 Å². The van der Waals surface area contributed by atoms with Gasteiger partial charge < -0.3 is 0 Å². The van der Waals surface area contributed by atoms with Gasteiger partial charge in [-0.1, -0.05) is 32.1 Å². The Morgan fingerprint density at radius 1 is 0.436 bits per heavy atom. The molecule has 0 N–H and O–H groups in total. The average Bonchev–Trinajstić information content (AvgIpc) is 3.65. The molecule has 2 aromatic carbocycles. The molecule has 7 aliphatic rings. The van der Waals surface area contributed by atoms with Gasteiger partial charge in [0.15, 0.2) is 0 Å². The molecule has 6 fully saturated rings. The summed E-state index contributed by atoms with van der Waals surface area (Å²) >= 11 is -0.218. The van der Waals surface area contributed by atoms with E-state index in [0.29, 0.717) is 0 Å². The van der Waals surface area contributed by atoms with E-state index in [9.17, 15) is 0 Å². The minimum atomic E-state index is -0.218. The fourth-order valence-electron chi connectivity index (χ4n) is 13.9. The van der Waals surface area contributed by atoms with E-state index < -0.39 is 0 Å². The van der Waals surface area contributed by atoms with E-state index in [1.54, 1.807) is 180 Å². The Morgan fingerprint density at radius 2 is 0.909 bits per heavy atom. The van der Waals surface area contributed by atoms with Gasteiger partial charge in [0.25, 0.3) is 0 Å². The van der Waals surface area contributed by atoms with Gasteiger partial charge >= 0.3 is 112 Å². The van der Waals surface area contributed by atoms with Gasteiger partial charge in [0.05, 0.1) is 34.0 Å².